The van der Waals surface area contributed by atoms with Crippen LogP contribution in [-0.4, -0.2) is 49.9 Å². The van der Waals surface area contributed by atoms with Crippen LogP contribution in [0.25, 0.3) is 59.8 Å². The van der Waals surface area contributed by atoms with Crippen LogP contribution in [0.5, 0.6) is 0 Å². The first-order valence-electron chi connectivity index (χ1n) is 22.9. The van der Waals surface area contributed by atoms with Crippen LogP contribution in [0.4, 0.5) is 0 Å². The molecule has 12 aromatic rings. The zero-order chi connectivity index (χ0) is 48.6. The van der Waals surface area contributed by atoms with Crippen molar-refractivity contribution in [2.24, 2.45) is 0 Å². The number of rotatable bonds is 0. The van der Waals surface area contributed by atoms with Gasteiger partial charge in [-0.2, -0.15) is 20.5 Å². The molecule has 3 N–H and O–H groups in total. The van der Waals surface area contributed by atoms with E-state index in [0.717, 1.165) is 44.2 Å². The molecule has 7 aromatic heterocycles. The molecule has 0 aliphatic carbocycles. The predicted octanol–water partition coefficient (Wildman–Crippen LogP) is 16.3. The van der Waals surface area contributed by atoms with Crippen LogP contribution in [-0.2, 0) is 0 Å². The van der Waals surface area contributed by atoms with Crippen molar-refractivity contribution < 1.29 is 4.42 Å². The Balaban J connectivity index is 0.000000378. The molecule has 0 aliphatic heterocycles. The smallest absolute Gasteiger partial charge is 0.181 e. The van der Waals surface area contributed by atoms with Crippen molar-refractivity contribution in [1.29, 1.82) is 0 Å². The van der Waals surface area contributed by atoms with Gasteiger partial charge in [0.15, 0.2) is 12.0 Å². The Morgan fingerprint density at radius 3 is 1.67 bits per heavy atom. The van der Waals surface area contributed by atoms with Crippen molar-refractivity contribution in [2.75, 3.05) is 0 Å². The molecule has 0 unspecified atom stereocenters. The summed E-state index contributed by atoms with van der Waals surface area (Å²) in [4.78, 5) is 15.3. The van der Waals surface area contributed by atoms with E-state index in [1.165, 1.54) is 22.0 Å². The third kappa shape index (κ3) is 19.5. The summed E-state index contributed by atoms with van der Waals surface area (Å²) < 4.78 is 8.24. The molecule has 0 atom stereocenters. The van der Waals surface area contributed by atoms with E-state index in [2.05, 4.69) is 69.8 Å². The second kappa shape index (κ2) is 37.0. The number of benzene rings is 5. The van der Waals surface area contributed by atoms with E-state index in [9.17, 15) is 0 Å². The number of thiazole rings is 1. The van der Waals surface area contributed by atoms with Gasteiger partial charge < -0.3 is 13.8 Å². The lowest BCUT2D eigenvalue weighted by atomic mass is 10.3. The summed E-state index contributed by atoms with van der Waals surface area (Å²) >= 11 is 1.68. The number of para-hydroxylation sites is 7. The Bertz CT molecular complexity index is 2210. The molecular weight excluding hydrogens is 837 g/mol. The predicted molar refractivity (Wildman–Crippen MR) is 285 cm³/mol. The maximum Gasteiger partial charge on any atom is 0.181 e. The summed E-state index contributed by atoms with van der Waals surface area (Å²) in [5, 5.41) is 19.5. The topological polar surface area (TPSA) is 142 Å². The average Bonchev–Trinajstić information content (AvgIpc) is 4.29. The third-order valence-corrected chi connectivity index (χ3v) is 8.62. The maximum absolute atomic E-state index is 5.01. The SMILES string of the molecule is CC.CC.CC.CC.CC.CC.c1ccc2[nH]ccc2c1.c1ccc2[nH]ncc2c1.c1ccc2n[nH]nc2c1.c1ccc2ocnc2c1.c1ccc2scnc2c1.c1ccn2ccnc2c1. The molecule has 0 saturated carbocycles. The highest BCUT2D eigenvalue weighted by Gasteiger charge is 1.93. The molecule has 5 aromatic carbocycles. The van der Waals surface area contributed by atoms with Gasteiger partial charge in [-0.05, 0) is 72.1 Å². The van der Waals surface area contributed by atoms with E-state index in [1.807, 2.05) is 239 Å². The molecule has 12 heteroatoms. The van der Waals surface area contributed by atoms with Crippen LogP contribution in [0.2, 0.25) is 0 Å². The molecule has 0 fully saturated rings. The quantitative estimate of drug-likeness (QED) is 0.137. The lowest BCUT2D eigenvalue weighted by molar-refractivity contribution is 0.602. The number of nitrogens with zero attached hydrogens (tertiary/aromatic N) is 7. The van der Waals surface area contributed by atoms with Gasteiger partial charge in [0.25, 0.3) is 0 Å². The van der Waals surface area contributed by atoms with Gasteiger partial charge in [-0.1, -0.05) is 162 Å². The van der Waals surface area contributed by atoms with Crippen molar-refractivity contribution in [3.8, 4) is 0 Å². The van der Waals surface area contributed by atoms with Gasteiger partial charge in [0, 0.05) is 35.7 Å². The molecule has 0 saturated heterocycles. The Morgan fingerprint density at radius 1 is 0.485 bits per heavy atom. The number of hydrogen-bond donors (Lipinski definition) is 3. The van der Waals surface area contributed by atoms with Gasteiger partial charge in [-0.15, -0.1) is 11.3 Å². The minimum atomic E-state index is 0.845. The van der Waals surface area contributed by atoms with Gasteiger partial charge in [0.1, 0.15) is 22.2 Å². The van der Waals surface area contributed by atoms with E-state index in [4.69, 9.17) is 4.42 Å². The maximum atomic E-state index is 5.01. The summed E-state index contributed by atoms with van der Waals surface area (Å²) in [7, 11) is 0. The zero-order valence-corrected chi connectivity index (χ0v) is 41.7. The standard InChI is InChI=1S/C8H7N.2C7H6N2.C7H5NO.C7H5NS.C6H5N3.6C2H6/c1-2-4-8-7(3-1)5-6-9-8;1-2-5-9-6-4-8-7(9)3-1;1-2-4-7-6(3-1)5-8-9-7;2*1-2-4-7-6(3-1)8-5-9-7;1-2-4-6-5(3-1)7-9-8-6;6*1-2/h1-6,9H;1-6H;1-5H,(H,8,9);2*1-5H;1-4H,(H,7,8,9);6*1-2H3. The number of hydrogen-bond acceptors (Lipinski definition) is 8. The number of oxazole rings is 1. The molecule has 66 heavy (non-hydrogen) atoms. The molecule has 0 spiro atoms. The van der Waals surface area contributed by atoms with Gasteiger partial charge >= 0.3 is 0 Å². The molecule has 348 valence electrons. The lowest BCUT2D eigenvalue weighted by Crippen LogP contribution is -1.77. The van der Waals surface area contributed by atoms with E-state index < -0.39 is 0 Å². The average molecular weight is 907 g/mol. The zero-order valence-electron chi connectivity index (χ0n) is 40.8. The van der Waals surface area contributed by atoms with E-state index >= 15 is 0 Å². The fraction of sp³-hybridized carbons (Fsp3) is 0.222. The molecule has 11 nitrogen and oxygen atoms in total. The number of fused-ring (bicyclic) bond motifs is 6. The summed E-state index contributed by atoms with van der Waals surface area (Å²) in [5.41, 5.74) is 9.85. The summed E-state index contributed by atoms with van der Waals surface area (Å²) in [6.45, 7) is 24.0. The minimum Gasteiger partial charge on any atom is -0.443 e. The van der Waals surface area contributed by atoms with Crippen LogP contribution in [0.15, 0.2) is 193 Å². The molecule has 0 amide bonds. The third-order valence-electron chi connectivity index (χ3n) is 7.81. The molecule has 0 radical (unpaired) electrons. The van der Waals surface area contributed by atoms with Crippen molar-refractivity contribution in [3.05, 3.63) is 188 Å². The highest BCUT2D eigenvalue weighted by Crippen LogP contribution is 2.15. The highest BCUT2D eigenvalue weighted by atomic mass is 32.1. The molecular formula is C54H70N10OS. The van der Waals surface area contributed by atoms with Crippen LogP contribution in [0.3, 0.4) is 0 Å². The van der Waals surface area contributed by atoms with E-state index in [-0.39, 0.29) is 0 Å². The normalized spacial score (nSPS) is 8.91. The van der Waals surface area contributed by atoms with Crippen LogP contribution in [0.1, 0.15) is 83.1 Å². The number of pyridine rings is 1. The Labute approximate surface area is 395 Å². The fourth-order valence-corrected chi connectivity index (χ4v) is 5.81. The second-order valence-corrected chi connectivity index (χ2v) is 12.3. The highest BCUT2D eigenvalue weighted by molar-refractivity contribution is 7.16. The number of aromatic amines is 3. The van der Waals surface area contributed by atoms with Gasteiger partial charge in [-0.25, -0.2) is 15.0 Å². The second-order valence-electron chi connectivity index (χ2n) is 11.4. The first-order chi connectivity index (χ1) is 32.8. The van der Waals surface area contributed by atoms with E-state index in [0.29, 0.717) is 0 Å². The Hall–Kier alpha value is -7.44. The number of aromatic nitrogens is 10. The Kier molecular flexibility index (Phi) is 31.7. The molecule has 12 rings (SSSR count). The van der Waals surface area contributed by atoms with Crippen molar-refractivity contribution in [2.45, 2.75) is 83.1 Å². The molecule has 7 heterocycles. The first kappa shape index (κ1) is 56.6. The van der Waals surface area contributed by atoms with E-state index in [1.54, 1.807) is 17.5 Å². The molecule has 0 bridgehead atoms. The first-order valence-corrected chi connectivity index (χ1v) is 23.8. The minimum absolute atomic E-state index is 0.845. The van der Waals surface area contributed by atoms with Crippen molar-refractivity contribution in [3.63, 3.8) is 0 Å². The number of nitrogens with one attached hydrogen (secondary N) is 3. The van der Waals surface area contributed by atoms with Crippen LogP contribution in [0, 0.1) is 0 Å². The summed E-state index contributed by atoms with van der Waals surface area (Å²) in [5.74, 6) is 0. The van der Waals surface area contributed by atoms with Gasteiger partial charge in [0.05, 0.1) is 27.4 Å². The van der Waals surface area contributed by atoms with Gasteiger partial charge in [0.2, 0.25) is 0 Å². The van der Waals surface area contributed by atoms with Crippen LogP contribution < -0.4 is 0 Å². The summed E-state index contributed by atoms with van der Waals surface area (Å²) in [6, 6.07) is 47.7. The largest absolute Gasteiger partial charge is 0.443 e. The van der Waals surface area contributed by atoms with Crippen molar-refractivity contribution in [1.82, 2.24) is 49.9 Å². The number of H-pyrrole nitrogens is 3. The fourth-order valence-electron chi connectivity index (χ4n) is 5.13. The van der Waals surface area contributed by atoms with Crippen molar-refractivity contribution >= 4 is 71.1 Å². The monoisotopic (exact) mass is 907 g/mol. The summed E-state index contributed by atoms with van der Waals surface area (Å²) in [6.07, 6.45) is 10.9. The number of imidazole rings is 1. The Morgan fingerprint density at radius 2 is 1.05 bits per heavy atom. The van der Waals surface area contributed by atoms with Crippen LogP contribution >= 0.6 is 11.3 Å². The van der Waals surface area contributed by atoms with Gasteiger partial charge in [-0.3, -0.25) is 5.10 Å². The lowest BCUT2D eigenvalue weighted by Gasteiger charge is -1.86. The molecule has 0 aliphatic rings.